The molecule has 4 atom stereocenters. The molecule has 67 heavy (non-hydrogen) atoms. The highest BCUT2D eigenvalue weighted by atomic mass is 16.5. The van der Waals surface area contributed by atoms with Gasteiger partial charge in [-0.3, -0.25) is 43.8 Å². The number of amides is 7. The van der Waals surface area contributed by atoms with E-state index >= 15 is 0 Å². The van der Waals surface area contributed by atoms with Crippen LogP contribution in [0.1, 0.15) is 104 Å². The Labute approximate surface area is 388 Å². The first-order valence-corrected chi connectivity index (χ1v) is 23.3. The summed E-state index contributed by atoms with van der Waals surface area (Å²) in [6.45, 7) is 4.39. The van der Waals surface area contributed by atoms with Gasteiger partial charge in [-0.2, -0.15) is 4.98 Å². The zero-order chi connectivity index (χ0) is 47.1. The van der Waals surface area contributed by atoms with Gasteiger partial charge < -0.3 is 45.0 Å². The predicted octanol–water partition coefficient (Wildman–Crippen LogP) is 2.44. The van der Waals surface area contributed by atoms with Gasteiger partial charge in [-0.1, -0.05) is 25.8 Å². The van der Waals surface area contributed by atoms with Gasteiger partial charge in [0.25, 0.3) is 11.8 Å². The van der Waals surface area contributed by atoms with Crippen molar-refractivity contribution >= 4 is 70.2 Å². The Morgan fingerprint density at radius 3 is 2.36 bits per heavy atom. The maximum atomic E-state index is 13.5. The number of likely N-dealkylation sites (N-methyl/N-ethyl adjacent to an activating group) is 1. The maximum absolute atomic E-state index is 13.5. The molecule has 5 aliphatic heterocycles. The first-order valence-electron chi connectivity index (χ1n) is 23.3. The van der Waals surface area contributed by atoms with Crippen molar-refractivity contribution in [3.63, 3.8) is 0 Å². The van der Waals surface area contributed by atoms with E-state index in [-0.39, 0.29) is 67.4 Å². The lowest BCUT2D eigenvalue weighted by Crippen LogP contribution is -2.55. The molecule has 9 rings (SSSR count). The van der Waals surface area contributed by atoms with E-state index < -0.39 is 30.0 Å². The van der Waals surface area contributed by atoms with Gasteiger partial charge in [0.15, 0.2) is 12.0 Å². The molecule has 3 unspecified atom stereocenters. The number of hydrogen-bond acceptors (Lipinski definition) is 14. The van der Waals surface area contributed by atoms with Gasteiger partial charge in [0.05, 0.1) is 19.0 Å². The summed E-state index contributed by atoms with van der Waals surface area (Å²) < 4.78 is 5.69. The first-order chi connectivity index (χ1) is 32.3. The van der Waals surface area contributed by atoms with E-state index in [0.29, 0.717) is 97.6 Å². The SMILES string of the molecule is CCC1C(=O)N(C)c2cnc(Nc3ccc(C(=O)N[C@H]4CCN(C(=O)CCC(=O)N5CCN(c6cccc7c6C(O)N(C6CCC(=O)NC6=O)C7=O)CC5)C4)cc3OC)nc2N1C1CCCC1. The van der Waals surface area contributed by atoms with Crippen LogP contribution in [0.4, 0.5) is 28.8 Å². The van der Waals surface area contributed by atoms with Crippen LogP contribution in [-0.4, -0.2) is 149 Å². The lowest BCUT2D eigenvalue weighted by atomic mass is 10.0. The molecule has 20 heteroatoms. The molecule has 0 bridgehead atoms. The number of imide groups is 1. The van der Waals surface area contributed by atoms with Gasteiger partial charge in [0.1, 0.15) is 23.5 Å². The number of carbonyl (C=O) groups is 7. The minimum Gasteiger partial charge on any atom is -0.495 e. The van der Waals surface area contributed by atoms with E-state index in [2.05, 4.69) is 25.8 Å². The summed E-state index contributed by atoms with van der Waals surface area (Å²) in [6.07, 6.45) is 6.02. The van der Waals surface area contributed by atoms with Crippen LogP contribution in [0.5, 0.6) is 5.75 Å². The van der Waals surface area contributed by atoms with Gasteiger partial charge in [0.2, 0.25) is 35.5 Å². The monoisotopic (exact) mass is 919 g/mol. The Bertz CT molecular complexity index is 2490. The maximum Gasteiger partial charge on any atom is 0.257 e. The molecular weight excluding hydrogens is 863 g/mol. The van der Waals surface area contributed by atoms with Crippen LogP contribution in [0.15, 0.2) is 42.6 Å². The zero-order valence-corrected chi connectivity index (χ0v) is 38.0. The Morgan fingerprint density at radius 1 is 0.896 bits per heavy atom. The molecule has 354 valence electrons. The predicted molar refractivity (Wildman–Crippen MR) is 245 cm³/mol. The Morgan fingerprint density at radius 2 is 1.64 bits per heavy atom. The third-order valence-electron chi connectivity index (χ3n) is 14.1. The van der Waals surface area contributed by atoms with Crippen molar-refractivity contribution in [2.75, 3.05) is 73.4 Å². The highest BCUT2D eigenvalue weighted by molar-refractivity contribution is 6.07. The molecule has 1 saturated carbocycles. The number of nitrogens with one attached hydrogen (secondary N) is 3. The minimum atomic E-state index is -1.37. The number of aromatic nitrogens is 2. The number of piperazine rings is 1. The number of hydrogen-bond donors (Lipinski definition) is 4. The van der Waals surface area contributed by atoms with Crippen molar-refractivity contribution in [2.24, 2.45) is 0 Å². The van der Waals surface area contributed by atoms with Gasteiger partial charge in [-0.25, -0.2) is 4.98 Å². The fourth-order valence-electron chi connectivity index (χ4n) is 10.5. The summed E-state index contributed by atoms with van der Waals surface area (Å²) >= 11 is 0. The molecule has 4 fully saturated rings. The van der Waals surface area contributed by atoms with Gasteiger partial charge in [-0.05, 0) is 62.4 Å². The lowest BCUT2D eigenvalue weighted by Gasteiger charge is -2.43. The van der Waals surface area contributed by atoms with E-state index in [1.165, 1.54) is 7.11 Å². The van der Waals surface area contributed by atoms with Crippen LogP contribution in [0.2, 0.25) is 0 Å². The van der Waals surface area contributed by atoms with Crippen LogP contribution < -0.4 is 35.4 Å². The molecule has 0 spiro atoms. The minimum absolute atomic E-state index is 0.0304. The third-order valence-corrected chi connectivity index (χ3v) is 14.1. The Hall–Kier alpha value is -6.83. The number of likely N-dealkylation sites (tertiary alicyclic amines) is 1. The van der Waals surface area contributed by atoms with E-state index in [4.69, 9.17) is 9.72 Å². The second kappa shape index (κ2) is 18.8. The molecule has 6 aliphatic rings. The van der Waals surface area contributed by atoms with Gasteiger partial charge >= 0.3 is 0 Å². The highest BCUT2D eigenvalue weighted by Crippen LogP contribution is 2.42. The summed E-state index contributed by atoms with van der Waals surface area (Å²) in [6, 6.07) is 8.87. The summed E-state index contributed by atoms with van der Waals surface area (Å²) in [5, 5.41) is 19.9. The fourth-order valence-corrected chi connectivity index (χ4v) is 10.5. The molecule has 2 aromatic carbocycles. The van der Waals surface area contributed by atoms with E-state index in [1.807, 2.05) is 11.8 Å². The van der Waals surface area contributed by atoms with Crippen LogP contribution in [0, 0.1) is 0 Å². The summed E-state index contributed by atoms with van der Waals surface area (Å²) in [7, 11) is 3.28. The molecule has 1 aliphatic carbocycles. The molecule has 1 aromatic heterocycles. The van der Waals surface area contributed by atoms with Crippen molar-refractivity contribution in [3.05, 3.63) is 59.3 Å². The number of benzene rings is 2. The number of aliphatic hydroxyl groups is 1. The van der Waals surface area contributed by atoms with Crippen LogP contribution in [0.25, 0.3) is 0 Å². The van der Waals surface area contributed by atoms with Crippen molar-refractivity contribution in [3.8, 4) is 5.75 Å². The number of carbonyl (C=O) groups excluding carboxylic acids is 7. The highest BCUT2D eigenvalue weighted by Gasteiger charge is 2.46. The molecule has 3 aromatic rings. The summed E-state index contributed by atoms with van der Waals surface area (Å²) in [5.74, 6) is -0.637. The summed E-state index contributed by atoms with van der Waals surface area (Å²) in [4.78, 5) is 111. The summed E-state index contributed by atoms with van der Waals surface area (Å²) in [5.41, 5.74) is 2.93. The topological polar surface area (TPSA) is 230 Å². The van der Waals surface area contributed by atoms with Crippen molar-refractivity contribution < 1.29 is 43.4 Å². The van der Waals surface area contributed by atoms with Crippen molar-refractivity contribution in [1.29, 1.82) is 0 Å². The number of methoxy groups -OCH3 is 1. The van der Waals surface area contributed by atoms with Gasteiger partial charge in [-0.15, -0.1) is 0 Å². The van der Waals surface area contributed by atoms with E-state index in [9.17, 15) is 38.7 Å². The second-order valence-electron chi connectivity index (χ2n) is 18.1. The van der Waals surface area contributed by atoms with Crippen molar-refractivity contribution in [2.45, 2.75) is 102 Å². The van der Waals surface area contributed by atoms with Crippen LogP contribution >= 0.6 is 0 Å². The standard InChI is InChI=1S/C47H57N11O9/c1-4-32-45(65)53(2)35-25-48-47(52-41(35)57(32)29-8-5-6-9-29)50-31-13-12-27(24-36(31)67-3)42(62)49-28-18-19-56(26-28)39(61)17-16-38(60)55-22-20-54(21-23-55)33-11-7-10-30-40(33)46(66)58(44(30)64)34-14-15-37(59)51-43(34)63/h7,10-13,24-25,28-29,32,34,46,66H,4-6,8-9,14-23,26H2,1-3H3,(H,49,62)(H,48,50,52)(H,51,59,63)/t28-,32?,34?,46?/m0/s1. The molecule has 20 nitrogen and oxygen atoms in total. The normalized spacial score (nSPS) is 23.1. The number of fused-ring (bicyclic) bond motifs is 2. The molecule has 3 saturated heterocycles. The fraction of sp³-hybridized carbons (Fsp3) is 0.511. The Kier molecular flexibility index (Phi) is 12.7. The molecular formula is C47H57N11O9. The molecule has 4 N–H and O–H groups in total. The molecule has 6 heterocycles. The number of anilines is 5. The average Bonchev–Trinajstić information content (AvgIpc) is 4.10. The van der Waals surface area contributed by atoms with E-state index in [1.54, 1.807) is 64.3 Å². The lowest BCUT2D eigenvalue weighted by molar-refractivity contribution is -0.139. The smallest absolute Gasteiger partial charge is 0.257 e. The largest absolute Gasteiger partial charge is 0.495 e. The number of rotatable bonds is 12. The number of ether oxygens (including phenoxy) is 1. The van der Waals surface area contributed by atoms with Crippen LogP contribution in [-0.2, 0) is 24.0 Å². The second-order valence-corrected chi connectivity index (χ2v) is 18.1. The Balaban J connectivity index is 0.752. The van der Waals surface area contributed by atoms with Crippen molar-refractivity contribution in [1.82, 2.24) is 35.3 Å². The number of aliphatic hydroxyl groups excluding tert-OH is 1. The zero-order valence-electron chi connectivity index (χ0n) is 38.0. The third kappa shape index (κ3) is 8.69. The average molecular weight is 920 g/mol. The van der Waals surface area contributed by atoms with Gasteiger partial charge in [0, 0.05) is 100 Å². The number of nitrogens with zero attached hydrogens (tertiary/aromatic N) is 8. The van der Waals surface area contributed by atoms with E-state index in [0.717, 1.165) is 36.4 Å². The molecule has 0 radical (unpaired) electrons. The molecule has 7 amide bonds. The first kappa shape index (κ1) is 45.3. The quantitative estimate of drug-likeness (QED) is 0.192. The number of piperidine rings is 1. The van der Waals surface area contributed by atoms with Crippen LogP contribution in [0.3, 0.4) is 0 Å².